The molecule has 0 aromatic carbocycles. The van der Waals surface area contributed by atoms with E-state index in [1.54, 1.807) is 11.6 Å². The molecule has 2 aromatic rings. The van der Waals surface area contributed by atoms with Crippen LogP contribution in [0.15, 0.2) is 4.79 Å². The minimum atomic E-state index is -1.95. The predicted octanol–water partition coefficient (Wildman–Crippen LogP) is 4.55. The fraction of sp³-hybridized carbons (Fsp3) is 0.706. The number of hydrogen-bond acceptors (Lipinski definition) is 4. The third-order valence-corrected chi connectivity index (χ3v) is 10.8. The van der Waals surface area contributed by atoms with Gasteiger partial charge in [0.2, 0.25) is 5.28 Å². The van der Waals surface area contributed by atoms with Gasteiger partial charge >= 0.3 is 5.69 Å². The second kappa shape index (κ2) is 6.62. The fourth-order valence-corrected chi connectivity index (χ4v) is 5.27. The Balaban J connectivity index is 2.09. The van der Waals surface area contributed by atoms with Gasteiger partial charge in [-0.1, -0.05) is 32.4 Å². The molecule has 0 spiro atoms. The molecule has 1 aliphatic carbocycles. The Morgan fingerprint density at radius 1 is 1.19 bits per heavy atom. The smallest absolute Gasteiger partial charge is 0.330 e. The number of halogens is 2. The third-order valence-electron chi connectivity index (χ3n) is 5.85. The number of fused-ring (bicyclic) bond motifs is 1. The summed E-state index contributed by atoms with van der Waals surface area (Å²) in [6.07, 6.45) is 2.82. The predicted molar refractivity (Wildman–Crippen MR) is 108 cm³/mol. The summed E-state index contributed by atoms with van der Waals surface area (Å²) in [6.45, 7) is 11.1. The molecule has 0 radical (unpaired) electrons. The topological polar surface area (TPSA) is 61.9 Å². The summed E-state index contributed by atoms with van der Waals surface area (Å²) in [5, 5.41) is 0.346. The summed E-state index contributed by atoms with van der Waals surface area (Å²) in [4.78, 5) is 21.2. The maximum absolute atomic E-state index is 13.0. The van der Waals surface area contributed by atoms with Crippen LogP contribution >= 0.6 is 23.2 Å². The first kappa shape index (κ1) is 19.9. The van der Waals surface area contributed by atoms with Gasteiger partial charge in [-0.3, -0.25) is 9.13 Å². The summed E-state index contributed by atoms with van der Waals surface area (Å²) in [6, 6.07) is -0.0673. The molecule has 2 aromatic heterocycles. The molecule has 0 saturated heterocycles. The van der Waals surface area contributed by atoms with Crippen LogP contribution in [-0.4, -0.2) is 33.5 Å². The number of nitrogens with zero attached hydrogens (tertiary/aromatic N) is 4. The van der Waals surface area contributed by atoms with E-state index in [9.17, 15) is 4.79 Å². The van der Waals surface area contributed by atoms with Crippen LogP contribution in [0, 0.1) is 0 Å². The van der Waals surface area contributed by atoms with Gasteiger partial charge in [0, 0.05) is 7.05 Å². The monoisotopic (exact) mass is 416 g/mol. The number of imidazole rings is 1. The van der Waals surface area contributed by atoms with Crippen LogP contribution in [0.25, 0.3) is 11.2 Å². The van der Waals surface area contributed by atoms with Gasteiger partial charge < -0.3 is 4.43 Å². The molecular formula is C17H26Cl2N4O2Si. The van der Waals surface area contributed by atoms with E-state index in [-0.39, 0.29) is 33.3 Å². The lowest BCUT2D eigenvalue weighted by Crippen LogP contribution is -2.45. The van der Waals surface area contributed by atoms with Gasteiger partial charge in [-0.2, -0.15) is 4.98 Å². The van der Waals surface area contributed by atoms with E-state index in [0.29, 0.717) is 11.2 Å². The van der Waals surface area contributed by atoms with Crippen LogP contribution in [0.3, 0.4) is 0 Å². The lowest BCUT2D eigenvalue weighted by Gasteiger charge is -2.40. The first-order valence-electron chi connectivity index (χ1n) is 8.92. The van der Waals surface area contributed by atoms with Crippen LogP contribution in [0.5, 0.6) is 0 Å². The fourth-order valence-electron chi connectivity index (χ4n) is 3.39. The van der Waals surface area contributed by atoms with Crippen molar-refractivity contribution in [3.63, 3.8) is 0 Å². The zero-order chi connectivity index (χ0) is 19.4. The molecule has 6 nitrogen and oxygen atoms in total. The Hall–Kier alpha value is -0.893. The second-order valence-electron chi connectivity index (χ2n) is 8.58. The molecule has 1 fully saturated rings. The van der Waals surface area contributed by atoms with Crippen molar-refractivity contribution in [1.29, 1.82) is 0 Å². The summed E-state index contributed by atoms with van der Waals surface area (Å²) >= 11 is 12.2. The Bertz CT molecular complexity index is 901. The average molecular weight is 417 g/mol. The number of rotatable bonds is 3. The summed E-state index contributed by atoms with van der Waals surface area (Å²) in [7, 11) is -0.268. The van der Waals surface area contributed by atoms with Gasteiger partial charge in [0.15, 0.2) is 19.1 Å². The molecule has 0 N–H and O–H groups in total. The van der Waals surface area contributed by atoms with Crippen molar-refractivity contribution in [2.45, 2.75) is 70.3 Å². The standard InChI is InChI=1S/C17H26Cl2N4O2Si/c1-17(2,3)26(5,6)25-11-9-7-8-10(11)23-14-12(22(4)16(23)24)13(18)20-15(19)21-14/h10-11H,7-9H2,1-6H3/t10-,11-/m0/s1. The van der Waals surface area contributed by atoms with Crippen molar-refractivity contribution in [2.75, 3.05) is 0 Å². The maximum Gasteiger partial charge on any atom is 0.330 e. The van der Waals surface area contributed by atoms with Crippen molar-refractivity contribution >= 4 is 42.7 Å². The molecule has 2 heterocycles. The van der Waals surface area contributed by atoms with Gasteiger partial charge in [0.25, 0.3) is 0 Å². The zero-order valence-corrected chi connectivity index (χ0v) is 18.6. The van der Waals surface area contributed by atoms with Crippen LogP contribution in [0.2, 0.25) is 28.6 Å². The van der Waals surface area contributed by atoms with Crippen molar-refractivity contribution in [3.8, 4) is 0 Å². The molecule has 2 atom stereocenters. The average Bonchev–Trinajstić information content (AvgIpc) is 3.01. The number of aryl methyl sites for hydroxylation is 1. The molecule has 9 heteroatoms. The van der Waals surface area contributed by atoms with Gasteiger partial charge in [-0.05, 0) is 49.0 Å². The van der Waals surface area contributed by atoms with Crippen molar-refractivity contribution in [3.05, 3.63) is 20.9 Å². The lowest BCUT2D eigenvalue weighted by molar-refractivity contribution is 0.143. The molecule has 1 saturated carbocycles. The Kier molecular flexibility index (Phi) is 5.05. The van der Waals surface area contributed by atoms with Gasteiger partial charge in [-0.25, -0.2) is 9.78 Å². The molecule has 0 unspecified atom stereocenters. The van der Waals surface area contributed by atoms with Crippen molar-refractivity contribution in [1.82, 2.24) is 19.1 Å². The summed E-state index contributed by atoms with van der Waals surface area (Å²) < 4.78 is 9.87. The van der Waals surface area contributed by atoms with E-state index in [4.69, 9.17) is 27.6 Å². The molecular weight excluding hydrogens is 391 g/mol. The highest BCUT2D eigenvalue weighted by molar-refractivity contribution is 6.74. The maximum atomic E-state index is 13.0. The highest BCUT2D eigenvalue weighted by Gasteiger charge is 2.43. The Morgan fingerprint density at radius 2 is 1.85 bits per heavy atom. The summed E-state index contributed by atoms with van der Waals surface area (Å²) in [5.41, 5.74) is 0.839. The van der Waals surface area contributed by atoms with Crippen molar-refractivity contribution in [2.24, 2.45) is 7.05 Å². The number of hydrogen-bond donors (Lipinski definition) is 0. The van der Waals surface area contributed by atoms with Gasteiger partial charge in [0.1, 0.15) is 5.52 Å². The summed E-state index contributed by atoms with van der Waals surface area (Å²) in [5.74, 6) is 0. The van der Waals surface area contributed by atoms with Crippen LogP contribution in [0.1, 0.15) is 46.1 Å². The van der Waals surface area contributed by atoms with E-state index < -0.39 is 8.32 Å². The Labute approximate surface area is 164 Å². The third kappa shape index (κ3) is 3.23. The van der Waals surface area contributed by atoms with E-state index in [1.807, 2.05) is 0 Å². The van der Waals surface area contributed by atoms with Gasteiger partial charge in [-0.15, -0.1) is 0 Å². The molecule has 1 aliphatic rings. The van der Waals surface area contributed by atoms with Crippen LogP contribution in [-0.2, 0) is 11.5 Å². The SMILES string of the molecule is Cn1c(=O)n([C@H]2CCC[C@@H]2O[Si](C)(C)C(C)(C)C)c2nc(Cl)nc(Cl)c21. The number of aromatic nitrogens is 4. The van der Waals surface area contributed by atoms with E-state index in [0.717, 1.165) is 19.3 Å². The zero-order valence-electron chi connectivity index (χ0n) is 16.1. The van der Waals surface area contributed by atoms with Crippen LogP contribution < -0.4 is 5.69 Å². The normalized spacial score (nSPS) is 21.7. The molecule has 0 amide bonds. The first-order chi connectivity index (χ1) is 11.9. The highest BCUT2D eigenvalue weighted by atomic mass is 35.5. The first-order valence-corrected chi connectivity index (χ1v) is 12.6. The Morgan fingerprint density at radius 3 is 2.46 bits per heavy atom. The van der Waals surface area contributed by atoms with Gasteiger partial charge in [0.05, 0.1) is 12.1 Å². The minimum Gasteiger partial charge on any atom is -0.412 e. The highest BCUT2D eigenvalue weighted by Crippen LogP contribution is 2.42. The molecule has 26 heavy (non-hydrogen) atoms. The molecule has 3 rings (SSSR count). The van der Waals surface area contributed by atoms with E-state index in [1.165, 1.54) is 4.57 Å². The van der Waals surface area contributed by atoms with Crippen LogP contribution in [0.4, 0.5) is 0 Å². The quantitative estimate of drug-likeness (QED) is 0.418. The minimum absolute atomic E-state index is 0.00768. The molecule has 0 aliphatic heterocycles. The molecule has 144 valence electrons. The lowest BCUT2D eigenvalue weighted by atomic mass is 10.2. The van der Waals surface area contributed by atoms with Crippen molar-refractivity contribution < 1.29 is 4.43 Å². The van der Waals surface area contributed by atoms with E-state index in [2.05, 4.69) is 43.8 Å². The largest absolute Gasteiger partial charge is 0.412 e. The van der Waals surface area contributed by atoms with E-state index >= 15 is 0 Å². The second-order valence-corrected chi connectivity index (χ2v) is 14.0. The molecule has 0 bridgehead atoms.